The fourth-order valence-corrected chi connectivity index (χ4v) is 36.0. The molecule has 228 valence electrons. The third-order valence-corrected chi connectivity index (χ3v) is 38.0. The summed E-state index contributed by atoms with van der Waals surface area (Å²) in [6.07, 6.45) is 1.19. The Hall–Kier alpha value is 1.16. The SMILES string of the molecule is CO[Si](CC[Si](C)(O[SiH](C)[Si](C)(C)C)O[Si](C)(C)O[Si](C)(CCCOCC1CO1)O[Si](C)(C)C)(OC)OC. The fraction of sp³-hybridized carbons (Fsp3) is 1.00. The third-order valence-electron chi connectivity index (χ3n) is 6.54. The van der Waals surface area contributed by atoms with Gasteiger partial charge < -0.3 is 39.2 Å². The predicted molar refractivity (Wildman–Crippen MR) is 171 cm³/mol. The van der Waals surface area contributed by atoms with Gasteiger partial charge in [-0.2, -0.15) is 0 Å². The molecule has 0 aromatic carbocycles. The van der Waals surface area contributed by atoms with Crippen LogP contribution >= 0.6 is 0 Å². The van der Waals surface area contributed by atoms with Crippen LogP contribution in [0.4, 0.5) is 0 Å². The largest absolute Gasteiger partial charge is 0.500 e. The van der Waals surface area contributed by atoms with Crippen molar-refractivity contribution < 1.29 is 39.2 Å². The Bertz CT molecular complexity index is 691. The number of hydrogen-bond acceptors (Lipinski definition) is 9. The number of epoxide rings is 1. The Morgan fingerprint density at radius 3 is 1.71 bits per heavy atom. The highest BCUT2D eigenvalue weighted by molar-refractivity contribution is 7.30. The summed E-state index contributed by atoms with van der Waals surface area (Å²) in [4.78, 5) is 0. The summed E-state index contributed by atoms with van der Waals surface area (Å²) in [5.74, 6) is 0. The molecule has 38 heavy (non-hydrogen) atoms. The molecule has 0 aromatic rings. The molecule has 9 nitrogen and oxygen atoms in total. The highest BCUT2D eigenvalue weighted by Crippen LogP contribution is 2.32. The van der Waals surface area contributed by atoms with Crippen LogP contribution in [-0.4, -0.2) is 106 Å². The van der Waals surface area contributed by atoms with Crippen LogP contribution in [0.5, 0.6) is 0 Å². The average Bonchev–Trinajstić information content (AvgIpc) is 3.56. The Labute approximate surface area is 241 Å². The second-order valence-corrected chi connectivity index (χ2v) is 45.8. The van der Waals surface area contributed by atoms with Gasteiger partial charge in [0.05, 0.1) is 20.8 Å². The molecule has 16 heteroatoms. The van der Waals surface area contributed by atoms with E-state index in [1.807, 2.05) is 0 Å². The molecule has 1 heterocycles. The maximum atomic E-state index is 7.07. The summed E-state index contributed by atoms with van der Waals surface area (Å²) in [5.41, 5.74) is 0. The molecule has 0 amide bonds. The summed E-state index contributed by atoms with van der Waals surface area (Å²) >= 11 is 0. The van der Waals surface area contributed by atoms with E-state index in [2.05, 4.69) is 72.0 Å². The van der Waals surface area contributed by atoms with Crippen molar-refractivity contribution in [1.29, 1.82) is 0 Å². The first kappa shape index (κ1) is 37.2. The topological polar surface area (TPSA) is 86.4 Å². The van der Waals surface area contributed by atoms with Crippen molar-refractivity contribution in [2.75, 3.05) is 41.2 Å². The molecule has 0 N–H and O–H groups in total. The predicted octanol–water partition coefficient (Wildman–Crippen LogP) is 5.19. The molecule has 1 rings (SSSR count). The number of ether oxygens (including phenoxy) is 2. The molecule has 4 unspecified atom stereocenters. The van der Waals surface area contributed by atoms with Gasteiger partial charge in [0.25, 0.3) is 0 Å². The van der Waals surface area contributed by atoms with Crippen LogP contribution < -0.4 is 0 Å². The van der Waals surface area contributed by atoms with E-state index in [1.54, 1.807) is 21.3 Å². The molecular formula is C22H58O9Si7. The van der Waals surface area contributed by atoms with Gasteiger partial charge in [0.1, 0.15) is 14.7 Å². The molecule has 4 atom stereocenters. The molecular weight excluding hydrogens is 605 g/mol. The lowest BCUT2D eigenvalue weighted by Gasteiger charge is -2.44. The fourth-order valence-electron chi connectivity index (χ4n) is 4.33. The minimum atomic E-state index is -2.76. The van der Waals surface area contributed by atoms with Gasteiger partial charge >= 0.3 is 34.5 Å². The van der Waals surface area contributed by atoms with Crippen LogP contribution in [0, 0.1) is 0 Å². The number of hydrogen-bond donors (Lipinski definition) is 0. The molecule has 1 saturated heterocycles. The van der Waals surface area contributed by atoms with Crippen molar-refractivity contribution in [3.05, 3.63) is 0 Å². The second kappa shape index (κ2) is 15.1. The van der Waals surface area contributed by atoms with Gasteiger partial charge in [-0.15, -0.1) is 0 Å². The van der Waals surface area contributed by atoms with Crippen LogP contribution in [0.15, 0.2) is 0 Å². The summed E-state index contributed by atoms with van der Waals surface area (Å²) < 4.78 is 56.1. The normalized spacial score (nSPS) is 21.2. The molecule has 1 fully saturated rings. The molecule has 0 radical (unpaired) electrons. The van der Waals surface area contributed by atoms with Crippen LogP contribution in [0.3, 0.4) is 0 Å². The van der Waals surface area contributed by atoms with E-state index in [1.165, 1.54) is 0 Å². The highest BCUT2D eigenvalue weighted by atomic mass is 29.2. The second-order valence-electron chi connectivity index (χ2n) is 13.1. The van der Waals surface area contributed by atoms with Gasteiger partial charge in [-0.25, -0.2) is 0 Å². The summed E-state index contributed by atoms with van der Waals surface area (Å²) in [6.45, 7) is 27.0. The lowest BCUT2D eigenvalue weighted by atomic mass is 10.5. The Balaban J connectivity index is 3.07. The zero-order valence-corrected chi connectivity index (χ0v) is 33.9. The minimum Gasteiger partial charge on any atom is -0.442 e. The first-order valence-corrected chi connectivity index (χ1v) is 34.0. The van der Waals surface area contributed by atoms with Crippen LogP contribution in [0.1, 0.15) is 6.42 Å². The average molecular weight is 663 g/mol. The molecule has 0 aliphatic carbocycles. The first-order valence-electron chi connectivity index (χ1n) is 13.8. The van der Waals surface area contributed by atoms with Gasteiger partial charge in [-0.1, -0.05) is 26.2 Å². The quantitative estimate of drug-likeness (QED) is 0.0937. The summed E-state index contributed by atoms with van der Waals surface area (Å²) in [6, 6.07) is 2.26. The van der Waals surface area contributed by atoms with Crippen LogP contribution in [0.2, 0.25) is 90.1 Å². The van der Waals surface area contributed by atoms with E-state index >= 15 is 0 Å². The molecule has 0 saturated carbocycles. The van der Waals surface area contributed by atoms with Gasteiger partial charge in [-0.3, -0.25) is 0 Å². The van der Waals surface area contributed by atoms with E-state index in [4.69, 9.17) is 39.2 Å². The van der Waals surface area contributed by atoms with Gasteiger partial charge in [-0.05, 0) is 64.3 Å². The van der Waals surface area contributed by atoms with E-state index in [0.717, 1.165) is 25.1 Å². The lowest BCUT2D eigenvalue weighted by Crippen LogP contribution is -2.61. The molecule has 0 bridgehead atoms. The Kier molecular flexibility index (Phi) is 14.7. The minimum absolute atomic E-state index is 0.286. The maximum Gasteiger partial charge on any atom is 0.500 e. The Morgan fingerprint density at radius 1 is 0.737 bits per heavy atom. The van der Waals surface area contributed by atoms with Gasteiger partial charge in [0.2, 0.25) is 0 Å². The molecule has 0 spiro atoms. The highest BCUT2D eigenvalue weighted by Gasteiger charge is 2.50. The molecule has 1 aliphatic heterocycles. The lowest BCUT2D eigenvalue weighted by molar-refractivity contribution is 0.115. The van der Waals surface area contributed by atoms with Gasteiger partial charge in [0.15, 0.2) is 8.32 Å². The summed E-state index contributed by atoms with van der Waals surface area (Å²) in [7, 11) is -10.3. The van der Waals surface area contributed by atoms with Crippen molar-refractivity contribution in [3.8, 4) is 0 Å². The Morgan fingerprint density at radius 2 is 1.26 bits per heavy atom. The molecule has 1 aliphatic rings. The van der Waals surface area contributed by atoms with E-state index in [-0.39, 0.29) is 6.10 Å². The standard InChI is InChI=1S/C22H58O9Si7/c1-23-38(24-2,25-3)19-18-36(13,28-32(4)34(8,9)10)30-35(11,12)31-37(14,29-33(5,6)7)17-15-16-26-20-22-21-27-22/h22,32H,15-21H2,1-14H3. The van der Waals surface area contributed by atoms with E-state index < -0.39 is 59.0 Å². The monoisotopic (exact) mass is 662 g/mol. The maximum absolute atomic E-state index is 7.07. The van der Waals surface area contributed by atoms with Gasteiger partial charge in [0, 0.05) is 34.0 Å². The first-order chi connectivity index (χ1) is 17.2. The van der Waals surface area contributed by atoms with Crippen molar-refractivity contribution >= 4 is 59.0 Å². The molecule has 0 aromatic heterocycles. The van der Waals surface area contributed by atoms with Crippen molar-refractivity contribution in [3.63, 3.8) is 0 Å². The smallest absolute Gasteiger partial charge is 0.442 e. The summed E-state index contributed by atoms with van der Waals surface area (Å²) in [5, 5.41) is 0. The number of rotatable bonds is 21. The zero-order valence-electron chi connectivity index (χ0n) is 26.8. The zero-order chi connectivity index (χ0) is 29.5. The van der Waals surface area contributed by atoms with Crippen molar-refractivity contribution in [2.24, 2.45) is 0 Å². The van der Waals surface area contributed by atoms with E-state index in [9.17, 15) is 0 Å². The van der Waals surface area contributed by atoms with E-state index in [0.29, 0.717) is 19.3 Å². The van der Waals surface area contributed by atoms with Crippen molar-refractivity contribution in [1.82, 2.24) is 0 Å². The van der Waals surface area contributed by atoms with Crippen LogP contribution in [-0.2, 0) is 39.2 Å². The third kappa shape index (κ3) is 14.4. The van der Waals surface area contributed by atoms with Crippen molar-refractivity contribution in [2.45, 2.75) is 103 Å². The van der Waals surface area contributed by atoms with Crippen LogP contribution in [0.25, 0.3) is 0 Å².